The van der Waals surface area contributed by atoms with Gasteiger partial charge in [-0.25, -0.2) is 4.98 Å². The molecule has 0 unspecified atom stereocenters. The highest BCUT2D eigenvalue weighted by Crippen LogP contribution is 2.40. The average molecular weight is 525 g/mol. The number of fused-ring (bicyclic) bond motifs is 4. The molecule has 4 aromatic carbocycles. The number of imidazole rings is 1. The molecule has 0 bridgehead atoms. The molecule has 0 atom stereocenters. The number of aromatic nitrogens is 2. The second-order valence-corrected chi connectivity index (χ2v) is 10.2. The van der Waals surface area contributed by atoms with Gasteiger partial charge in [0.25, 0.3) is 0 Å². The maximum atomic E-state index is 6.37. The van der Waals surface area contributed by atoms with Crippen LogP contribution in [0.2, 0.25) is 0 Å². The average Bonchev–Trinajstić information content (AvgIpc) is 3.58. The van der Waals surface area contributed by atoms with Crippen molar-refractivity contribution in [1.82, 2.24) is 9.55 Å². The third kappa shape index (κ3) is 4.82. The van der Waals surface area contributed by atoms with Gasteiger partial charge in [0, 0.05) is 47.0 Å². The van der Waals surface area contributed by atoms with Crippen molar-refractivity contribution in [3.05, 3.63) is 126 Å². The molecule has 1 N–H and O–H groups in total. The van der Waals surface area contributed by atoms with Crippen molar-refractivity contribution in [1.29, 1.82) is 0 Å². The Bertz CT molecular complexity index is 1820. The summed E-state index contributed by atoms with van der Waals surface area (Å²) in [4.78, 5) is 8.99. The summed E-state index contributed by atoms with van der Waals surface area (Å²) in [6.07, 6.45) is 9.50. The van der Waals surface area contributed by atoms with Crippen molar-refractivity contribution in [3.8, 4) is 17.1 Å². The Labute approximate surface area is 234 Å². The highest BCUT2D eigenvalue weighted by Gasteiger charge is 2.22. The van der Waals surface area contributed by atoms with E-state index in [-0.39, 0.29) is 0 Å². The number of benzene rings is 4. The van der Waals surface area contributed by atoms with Crippen molar-refractivity contribution in [3.63, 3.8) is 0 Å². The van der Waals surface area contributed by atoms with E-state index in [9.17, 15) is 0 Å². The molecule has 2 aromatic heterocycles. The molecule has 198 valence electrons. The van der Waals surface area contributed by atoms with Gasteiger partial charge in [-0.3, -0.25) is 9.56 Å². The summed E-state index contributed by atoms with van der Waals surface area (Å²) in [5.41, 5.74) is 8.87. The lowest BCUT2D eigenvalue weighted by Gasteiger charge is -2.16. The largest absolute Gasteiger partial charge is 0.455 e. The van der Waals surface area contributed by atoms with Crippen LogP contribution in [0.5, 0.6) is 0 Å². The van der Waals surface area contributed by atoms with Crippen LogP contribution in [0.25, 0.3) is 39.0 Å². The van der Waals surface area contributed by atoms with Gasteiger partial charge in [-0.2, -0.15) is 0 Å². The Hall–Kier alpha value is -4.90. The van der Waals surface area contributed by atoms with Gasteiger partial charge < -0.3 is 9.73 Å². The van der Waals surface area contributed by atoms with E-state index in [1.807, 2.05) is 55.1 Å². The van der Waals surface area contributed by atoms with Crippen LogP contribution in [0.15, 0.2) is 119 Å². The molecular weight excluding hydrogens is 492 g/mol. The summed E-state index contributed by atoms with van der Waals surface area (Å²) in [7, 11) is 0. The smallest absolute Gasteiger partial charge is 0.148 e. The summed E-state index contributed by atoms with van der Waals surface area (Å²) in [5, 5.41) is 5.47. The zero-order valence-electron chi connectivity index (χ0n) is 23.0. The van der Waals surface area contributed by atoms with Gasteiger partial charge in [0.05, 0.1) is 12.1 Å². The zero-order valence-corrected chi connectivity index (χ0v) is 23.0. The summed E-state index contributed by atoms with van der Waals surface area (Å²) in [6.45, 7) is 7.32. The van der Waals surface area contributed by atoms with E-state index in [1.165, 1.54) is 16.7 Å². The molecule has 0 amide bonds. The van der Waals surface area contributed by atoms with Crippen LogP contribution in [-0.2, 0) is 6.54 Å². The lowest BCUT2D eigenvalue weighted by atomic mass is 9.94. The minimum absolute atomic E-state index is 0.356. The first-order chi connectivity index (χ1) is 19.6. The van der Waals surface area contributed by atoms with Gasteiger partial charge in [-0.15, -0.1) is 0 Å². The molecule has 0 aliphatic carbocycles. The third-order valence-corrected chi connectivity index (χ3v) is 7.25. The molecule has 7 rings (SSSR count). The van der Waals surface area contributed by atoms with Crippen LogP contribution in [0, 0.1) is 6.92 Å². The highest BCUT2D eigenvalue weighted by atomic mass is 16.3. The van der Waals surface area contributed by atoms with Crippen LogP contribution in [0.1, 0.15) is 36.5 Å². The molecule has 40 heavy (non-hydrogen) atoms. The maximum absolute atomic E-state index is 6.37. The number of aliphatic imine (C=N–C) groups is 1. The molecule has 3 heterocycles. The van der Waals surface area contributed by atoms with Crippen LogP contribution in [0.4, 0.5) is 5.69 Å². The van der Waals surface area contributed by atoms with Gasteiger partial charge in [0.15, 0.2) is 0 Å². The van der Waals surface area contributed by atoms with E-state index >= 15 is 0 Å². The number of nitrogens with zero attached hydrogens (tertiary/aromatic N) is 3. The Morgan fingerprint density at radius 2 is 1.68 bits per heavy atom. The molecule has 6 aromatic rings. The lowest BCUT2D eigenvalue weighted by Crippen LogP contribution is -2.02. The van der Waals surface area contributed by atoms with Gasteiger partial charge in [-0.1, -0.05) is 80.6 Å². The number of aryl methyl sites for hydroxylation is 1. The number of anilines is 1. The molecule has 0 radical (unpaired) electrons. The lowest BCUT2D eigenvalue weighted by molar-refractivity contribution is 0.668. The van der Waals surface area contributed by atoms with E-state index in [2.05, 4.69) is 96.3 Å². The number of hydrogen-bond donors (Lipinski definition) is 1. The summed E-state index contributed by atoms with van der Waals surface area (Å²) in [5.74, 6) is 1.28. The second-order valence-electron chi connectivity index (χ2n) is 10.2. The second kappa shape index (κ2) is 11.1. The highest BCUT2D eigenvalue weighted by molar-refractivity contribution is 6.09. The number of allylic oxidation sites excluding steroid dienone is 1. The Morgan fingerprint density at radius 3 is 2.55 bits per heavy atom. The Morgan fingerprint density at radius 1 is 0.875 bits per heavy atom. The van der Waals surface area contributed by atoms with E-state index < -0.39 is 0 Å². The fourth-order valence-electron chi connectivity index (χ4n) is 5.22. The first kappa shape index (κ1) is 25.4. The van der Waals surface area contributed by atoms with E-state index in [0.717, 1.165) is 51.2 Å². The molecule has 5 nitrogen and oxygen atoms in total. The van der Waals surface area contributed by atoms with Crippen LogP contribution >= 0.6 is 0 Å². The minimum atomic E-state index is 0.356. The molecular formula is C35H32N4O. The fraction of sp³-hybridized carbons (Fsp3) is 0.143. The van der Waals surface area contributed by atoms with Crippen LogP contribution < -0.4 is 5.32 Å². The summed E-state index contributed by atoms with van der Waals surface area (Å²) < 4.78 is 8.54. The number of furan rings is 1. The monoisotopic (exact) mass is 524 g/mol. The molecule has 5 heteroatoms. The van der Waals surface area contributed by atoms with Crippen molar-refractivity contribution < 1.29 is 4.42 Å². The predicted molar refractivity (Wildman–Crippen MR) is 167 cm³/mol. The van der Waals surface area contributed by atoms with E-state index in [4.69, 9.17) is 9.40 Å². The molecule has 0 saturated heterocycles. The minimum Gasteiger partial charge on any atom is -0.455 e. The van der Waals surface area contributed by atoms with Gasteiger partial charge in [0.1, 0.15) is 17.0 Å². The number of hydrogen-bond acceptors (Lipinski definition) is 4. The zero-order chi connectivity index (χ0) is 27.5. The van der Waals surface area contributed by atoms with Crippen molar-refractivity contribution in [2.45, 2.75) is 33.2 Å². The molecule has 1 aliphatic rings. The van der Waals surface area contributed by atoms with Gasteiger partial charge in [-0.05, 0) is 53.8 Å². The van der Waals surface area contributed by atoms with Crippen LogP contribution in [-0.4, -0.2) is 15.8 Å². The van der Waals surface area contributed by atoms with Gasteiger partial charge in [0.2, 0.25) is 0 Å². The fourth-order valence-corrected chi connectivity index (χ4v) is 5.22. The van der Waals surface area contributed by atoms with Gasteiger partial charge >= 0.3 is 0 Å². The first-order valence-electron chi connectivity index (χ1n) is 13.6. The summed E-state index contributed by atoms with van der Waals surface area (Å²) in [6, 6.07) is 29.2. The number of nitrogens with one attached hydrogen (secondary N) is 1. The van der Waals surface area contributed by atoms with Crippen molar-refractivity contribution in [2.75, 3.05) is 5.32 Å². The molecule has 0 spiro atoms. The first-order valence-corrected chi connectivity index (χ1v) is 13.6. The van der Waals surface area contributed by atoms with Crippen molar-refractivity contribution in [2.24, 2.45) is 4.99 Å². The molecule has 1 aliphatic heterocycles. The molecule has 0 fully saturated rings. The predicted octanol–water partition coefficient (Wildman–Crippen LogP) is 9.07. The third-order valence-electron chi connectivity index (χ3n) is 7.25. The maximum Gasteiger partial charge on any atom is 0.148 e. The van der Waals surface area contributed by atoms with Crippen molar-refractivity contribution >= 4 is 33.8 Å². The van der Waals surface area contributed by atoms with E-state index in [1.54, 1.807) is 0 Å². The van der Waals surface area contributed by atoms with Crippen LogP contribution in [0.3, 0.4) is 0 Å². The normalized spacial score (nSPS) is 13.3. The number of rotatable bonds is 3. The standard InChI is InChI=1S/C25H22N2O.C10H10N2/c1-16(2)18-12-13-20-19-9-5-7-11-22(19)28-24(20)23(18)25-26-14-15-27(25)21-10-6-4-8-17(21)3;1-2-5-10-9(4-1)8-11-6-3-7-12-10/h4-16H,1-3H3;1-7,12H,8H2/b;7-3-,11-6?. The molecule has 0 saturated carbocycles. The topological polar surface area (TPSA) is 55.4 Å². The van der Waals surface area contributed by atoms with E-state index in [0.29, 0.717) is 5.92 Å². The Kier molecular flexibility index (Phi) is 7.02. The summed E-state index contributed by atoms with van der Waals surface area (Å²) >= 11 is 0. The quantitative estimate of drug-likeness (QED) is 0.251. The number of para-hydroxylation sites is 3. The SMILES string of the molecule is C1=NCc2ccccc2N/C=C\1.Cc1ccccc1-n1ccnc1-c1c(C(C)C)ccc2c1oc1ccccc12. The Balaban J connectivity index is 0.000000201.